The SMILES string of the molecule is CC1C(O)=C(c2nc(-c3ccc(Cl)cc3)cs2)C(=N)N1C1CC1. The summed E-state index contributed by atoms with van der Waals surface area (Å²) in [6.45, 7) is 1.95. The summed E-state index contributed by atoms with van der Waals surface area (Å²) in [6.07, 6.45) is 2.20. The normalized spacial score (nSPS) is 21.4. The molecule has 4 nitrogen and oxygen atoms in total. The Morgan fingerprint density at radius 3 is 2.65 bits per heavy atom. The Kier molecular flexibility index (Phi) is 3.43. The zero-order chi connectivity index (χ0) is 16.1. The Morgan fingerprint density at radius 1 is 1.30 bits per heavy atom. The molecule has 1 aromatic carbocycles. The summed E-state index contributed by atoms with van der Waals surface area (Å²) in [4.78, 5) is 6.64. The Bertz CT molecular complexity index is 808. The summed E-state index contributed by atoms with van der Waals surface area (Å²) in [5.74, 6) is 0.661. The second-order valence-corrected chi connectivity index (χ2v) is 7.26. The molecule has 1 saturated carbocycles. The lowest BCUT2D eigenvalue weighted by Crippen LogP contribution is -2.35. The van der Waals surface area contributed by atoms with Gasteiger partial charge in [-0.2, -0.15) is 0 Å². The number of amidine groups is 1. The van der Waals surface area contributed by atoms with E-state index >= 15 is 0 Å². The number of aliphatic hydroxyl groups is 1. The monoisotopic (exact) mass is 345 g/mol. The summed E-state index contributed by atoms with van der Waals surface area (Å²) in [5.41, 5.74) is 2.40. The van der Waals surface area contributed by atoms with Gasteiger partial charge in [0, 0.05) is 22.0 Å². The average molecular weight is 346 g/mol. The molecule has 0 radical (unpaired) electrons. The van der Waals surface area contributed by atoms with E-state index in [1.54, 1.807) is 0 Å². The molecule has 118 valence electrons. The number of benzene rings is 1. The third-order valence-corrected chi connectivity index (χ3v) is 5.47. The summed E-state index contributed by atoms with van der Waals surface area (Å²) < 4.78 is 0. The minimum Gasteiger partial charge on any atom is -0.509 e. The van der Waals surface area contributed by atoms with Crippen molar-refractivity contribution >= 4 is 34.3 Å². The van der Waals surface area contributed by atoms with Gasteiger partial charge in [-0.25, -0.2) is 4.98 Å². The Balaban J connectivity index is 1.68. The van der Waals surface area contributed by atoms with Gasteiger partial charge in [-0.1, -0.05) is 23.7 Å². The molecule has 1 aliphatic carbocycles. The maximum absolute atomic E-state index is 10.5. The number of halogens is 1. The first-order chi connectivity index (χ1) is 11.1. The van der Waals surface area contributed by atoms with E-state index in [0.29, 0.717) is 27.5 Å². The minimum atomic E-state index is -0.132. The molecule has 23 heavy (non-hydrogen) atoms. The number of hydrogen-bond acceptors (Lipinski definition) is 4. The quantitative estimate of drug-likeness (QED) is 0.856. The van der Waals surface area contributed by atoms with Crippen molar-refractivity contribution in [3.8, 4) is 11.3 Å². The Hall–Kier alpha value is -1.85. The number of rotatable bonds is 3. The van der Waals surface area contributed by atoms with Crippen LogP contribution in [0.4, 0.5) is 0 Å². The molecule has 1 fully saturated rings. The Morgan fingerprint density at radius 2 is 2.00 bits per heavy atom. The summed E-state index contributed by atoms with van der Waals surface area (Å²) in [7, 11) is 0. The average Bonchev–Trinajstić information content (AvgIpc) is 3.20. The van der Waals surface area contributed by atoms with Crippen LogP contribution < -0.4 is 0 Å². The lowest BCUT2D eigenvalue weighted by molar-refractivity contribution is 0.280. The Labute approximate surface area is 143 Å². The maximum Gasteiger partial charge on any atom is 0.135 e. The fourth-order valence-electron chi connectivity index (χ4n) is 2.99. The van der Waals surface area contributed by atoms with Gasteiger partial charge in [0.1, 0.15) is 16.6 Å². The van der Waals surface area contributed by atoms with Crippen molar-refractivity contribution in [2.45, 2.75) is 31.8 Å². The highest BCUT2D eigenvalue weighted by Crippen LogP contribution is 2.40. The molecule has 0 amide bonds. The molecule has 2 aliphatic rings. The third-order valence-electron chi connectivity index (χ3n) is 4.36. The first-order valence-corrected chi connectivity index (χ1v) is 8.84. The molecule has 1 aromatic heterocycles. The predicted octanol–water partition coefficient (Wildman–Crippen LogP) is 4.58. The van der Waals surface area contributed by atoms with Crippen molar-refractivity contribution in [2.75, 3.05) is 0 Å². The van der Waals surface area contributed by atoms with Crippen molar-refractivity contribution in [1.29, 1.82) is 5.41 Å². The van der Waals surface area contributed by atoms with Crippen LogP contribution in [-0.4, -0.2) is 32.9 Å². The van der Waals surface area contributed by atoms with Gasteiger partial charge < -0.3 is 10.0 Å². The third kappa shape index (κ3) is 2.44. The fraction of sp³-hybridized carbons (Fsp3) is 0.294. The molecule has 0 saturated heterocycles. The number of aliphatic hydroxyl groups excluding tert-OH is 1. The molecule has 2 heterocycles. The molecule has 1 aliphatic heterocycles. The van der Waals surface area contributed by atoms with E-state index < -0.39 is 0 Å². The first-order valence-electron chi connectivity index (χ1n) is 7.58. The van der Waals surface area contributed by atoms with Crippen LogP contribution in [0.2, 0.25) is 5.02 Å². The van der Waals surface area contributed by atoms with E-state index in [1.165, 1.54) is 11.3 Å². The van der Waals surface area contributed by atoms with Gasteiger partial charge in [0.05, 0.1) is 17.3 Å². The zero-order valence-electron chi connectivity index (χ0n) is 12.6. The smallest absolute Gasteiger partial charge is 0.135 e. The van der Waals surface area contributed by atoms with Crippen LogP contribution in [0.15, 0.2) is 35.4 Å². The largest absolute Gasteiger partial charge is 0.509 e. The maximum atomic E-state index is 10.5. The second kappa shape index (κ2) is 5.35. The van der Waals surface area contributed by atoms with Crippen LogP contribution in [0, 0.1) is 5.41 Å². The van der Waals surface area contributed by atoms with Gasteiger partial charge >= 0.3 is 0 Å². The van der Waals surface area contributed by atoms with E-state index in [9.17, 15) is 5.11 Å². The van der Waals surface area contributed by atoms with Crippen molar-refractivity contribution in [1.82, 2.24) is 9.88 Å². The predicted molar refractivity (Wildman–Crippen MR) is 94.2 cm³/mol. The standard InChI is InChI=1S/C17H16ClN3OS/c1-9-15(22)14(16(19)21(9)12-6-7-12)17-20-13(8-23-17)10-2-4-11(18)5-3-10/h2-5,8-9,12,19,22H,6-7H2,1H3. The summed E-state index contributed by atoms with van der Waals surface area (Å²) in [5, 5.41) is 22.3. The van der Waals surface area contributed by atoms with E-state index in [4.69, 9.17) is 17.0 Å². The molecular weight excluding hydrogens is 330 g/mol. The molecule has 0 spiro atoms. The lowest BCUT2D eigenvalue weighted by atomic mass is 10.2. The number of thiazole rings is 1. The van der Waals surface area contributed by atoms with Crippen LogP contribution >= 0.6 is 22.9 Å². The van der Waals surface area contributed by atoms with Gasteiger partial charge in [-0.15, -0.1) is 11.3 Å². The summed E-state index contributed by atoms with van der Waals surface area (Å²) in [6, 6.07) is 7.78. The highest BCUT2D eigenvalue weighted by molar-refractivity contribution is 7.11. The molecule has 6 heteroatoms. The van der Waals surface area contributed by atoms with Crippen molar-refractivity contribution in [3.05, 3.63) is 45.4 Å². The zero-order valence-corrected chi connectivity index (χ0v) is 14.2. The minimum absolute atomic E-state index is 0.132. The fourth-order valence-corrected chi connectivity index (χ4v) is 4.00. The van der Waals surface area contributed by atoms with Crippen LogP contribution in [0.3, 0.4) is 0 Å². The van der Waals surface area contributed by atoms with Gasteiger partial charge in [0.25, 0.3) is 0 Å². The van der Waals surface area contributed by atoms with Gasteiger partial charge in [0.15, 0.2) is 0 Å². The van der Waals surface area contributed by atoms with E-state index in [2.05, 4.69) is 4.98 Å². The number of aromatic nitrogens is 1. The highest BCUT2D eigenvalue weighted by atomic mass is 35.5. The molecule has 2 aromatic rings. The lowest BCUT2D eigenvalue weighted by Gasteiger charge is -2.23. The van der Waals surface area contributed by atoms with Crippen molar-refractivity contribution in [3.63, 3.8) is 0 Å². The van der Waals surface area contributed by atoms with Crippen LogP contribution in [0.25, 0.3) is 16.8 Å². The number of nitrogens with zero attached hydrogens (tertiary/aromatic N) is 2. The van der Waals surface area contributed by atoms with Crippen LogP contribution in [0.5, 0.6) is 0 Å². The van der Waals surface area contributed by atoms with Gasteiger partial charge in [-0.05, 0) is 31.9 Å². The van der Waals surface area contributed by atoms with Gasteiger partial charge in [-0.3, -0.25) is 5.41 Å². The van der Waals surface area contributed by atoms with Gasteiger partial charge in [0.2, 0.25) is 0 Å². The number of hydrogen-bond donors (Lipinski definition) is 2. The van der Waals surface area contributed by atoms with Crippen LogP contribution in [0.1, 0.15) is 24.8 Å². The molecule has 1 unspecified atom stereocenters. The molecular formula is C17H16ClN3OS. The summed E-state index contributed by atoms with van der Waals surface area (Å²) >= 11 is 7.38. The molecule has 1 atom stereocenters. The van der Waals surface area contributed by atoms with Crippen LogP contribution in [-0.2, 0) is 0 Å². The van der Waals surface area contributed by atoms with E-state index in [-0.39, 0.29) is 11.8 Å². The highest BCUT2D eigenvalue weighted by Gasteiger charge is 2.43. The number of nitrogens with one attached hydrogen (secondary N) is 1. The molecule has 4 rings (SSSR count). The van der Waals surface area contributed by atoms with E-state index in [1.807, 2.05) is 41.5 Å². The van der Waals surface area contributed by atoms with Crippen molar-refractivity contribution in [2.24, 2.45) is 0 Å². The second-order valence-electron chi connectivity index (χ2n) is 5.97. The molecule has 2 N–H and O–H groups in total. The van der Waals surface area contributed by atoms with E-state index in [0.717, 1.165) is 24.1 Å². The molecule has 0 bridgehead atoms. The van der Waals surface area contributed by atoms with Crippen molar-refractivity contribution < 1.29 is 5.11 Å². The topological polar surface area (TPSA) is 60.2 Å². The first kappa shape index (κ1) is 14.7.